The molecule has 2 rings (SSSR count). The maximum Gasteiger partial charge on any atom is 0.277 e. The highest BCUT2D eigenvalue weighted by Gasteiger charge is 2.13. The Hall–Kier alpha value is -2.27. The number of rotatable bonds is 3. The highest BCUT2D eigenvalue weighted by molar-refractivity contribution is 5.93. The summed E-state index contributed by atoms with van der Waals surface area (Å²) < 4.78 is 12.7. The van der Waals surface area contributed by atoms with Gasteiger partial charge >= 0.3 is 0 Å². The molecule has 0 radical (unpaired) electrons. The molecule has 0 bridgehead atoms. The van der Waals surface area contributed by atoms with Crippen molar-refractivity contribution in [3.05, 3.63) is 65.7 Å². The third-order valence-corrected chi connectivity index (χ3v) is 2.41. The number of pyridine rings is 1. The number of hydrogen-bond acceptors (Lipinski definition) is 3. The second-order valence-corrected chi connectivity index (χ2v) is 3.73. The Balaban J connectivity index is 2.07. The number of hydroxylamine groups is 2. The van der Waals surface area contributed by atoms with Crippen LogP contribution < -0.4 is 0 Å². The summed E-state index contributed by atoms with van der Waals surface area (Å²) in [6.07, 6.45) is 3.15. The first-order valence-electron chi connectivity index (χ1n) is 5.32. The van der Waals surface area contributed by atoms with Crippen molar-refractivity contribution in [1.82, 2.24) is 10.0 Å². The molecular formula is C13H11FN2O2. The lowest BCUT2D eigenvalue weighted by molar-refractivity contribution is -0.0648. The van der Waals surface area contributed by atoms with Gasteiger partial charge in [-0.3, -0.25) is 15.0 Å². The monoisotopic (exact) mass is 246 g/mol. The molecule has 1 amide bonds. The zero-order valence-electron chi connectivity index (χ0n) is 9.45. The van der Waals surface area contributed by atoms with Gasteiger partial charge in [-0.05, 0) is 42.0 Å². The molecule has 0 saturated carbocycles. The summed E-state index contributed by atoms with van der Waals surface area (Å²) in [5.74, 6) is -1.00. The van der Waals surface area contributed by atoms with Crippen LogP contribution in [0.1, 0.15) is 15.9 Å². The molecule has 18 heavy (non-hydrogen) atoms. The predicted molar refractivity (Wildman–Crippen MR) is 62.3 cm³/mol. The Labute approximate surface area is 103 Å². The fourth-order valence-electron chi connectivity index (χ4n) is 1.47. The minimum atomic E-state index is -0.577. The molecule has 0 fully saturated rings. The molecule has 92 valence electrons. The van der Waals surface area contributed by atoms with Crippen LogP contribution in [0.2, 0.25) is 0 Å². The van der Waals surface area contributed by atoms with Crippen molar-refractivity contribution >= 4 is 5.91 Å². The van der Waals surface area contributed by atoms with E-state index in [1.165, 1.54) is 24.3 Å². The van der Waals surface area contributed by atoms with E-state index in [0.717, 1.165) is 5.56 Å². The van der Waals surface area contributed by atoms with Gasteiger partial charge in [-0.1, -0.05) is 0 Å². The van der Waals surface area contributed by atoms with E-state index in [1.807, 2.05) is 0 Å². The van der Waals surface area contributed by atoms with E-state index >= 15 is 0 Å². The Bertz CT molecular complexity index is 528. The second kappa shape index (κ2) is 5.37. The van der Waals surface area contributed by atoms with Gasteiger partial charge < -0.3 is 0 Å². The fourth-order valence-corrected chi connectivity index (χ4v) is 1.47. The van der Waals surface area contributed by atoms with Crippen LogP contribution in [0.15, 0.2) is 48.8 Å². The summed E-state index contributed by atoms with van der Waals surface area (Å²) in [5, 5.41) is 10.2. The van der Waals surface area contributed by atoms with Gasteiger partial charge in [0.1, 0.15) is 5.82 Å². The van der Waals surface area contributed by atoms with Crippen LogP contribution in [0.25, 0.3) is 0 Å². The van der Waals surface area contributed by atoms with Crippen molar-refractivity contribution in [2.75, 3.05) is 0 Å². The van der Waals surface area contributed by atoms with Gasteiger partial charge in [0.05, 0.1) is 6.54 Å². The van der Waals surface area contributed by atoms with E-state index in [-0.39, 0.29) is 12.1 Å². The van der Waals surface area contributed by atoms with Crippen molar-refractivity contribution in [3.8, 4) is 0 Å². The molecule has 1 aromatic heterocycles. The average molecular weight is 246 g/mol. The Kier molecular flexibility index (Phi) is 3.64. The fraction of sp³-hybridized carbons (Fsp3) is 0.0769. The highest BCUT2D eigenvalue weighted by Crippen LogP contribution is 2.08. The minimum Gasteiger partial charge on any atom is -0.285 e. The molecule has 1 heterocycles. The zero-order chi connectivity index (χ0) is 13.0. The van der Waals surface area contributed by atoms with Crippen LogP contribution in [-0.4, -0.2) is 21.2 Å². The van der Waals surface area contributed by atoms with Crippen LogP contribution in [0, 0.1) is 5.82 Å². The van der Waals surface area contributed by atoms with Gasteiger partial charge in [-0.2, -0.15) is 0 Å². The normalized spacial score (nSPS) is 10.1. The van der Waals surface area contributed by atoms with Crippen molar-refractivity contribution in [3.63, 3.8) is 0 Å². The SMILES string of the molecule is O=C(c1ccc(F)cc1)N(O)Cc1ccncc1. The molecule has 2 aromatic rings. The first-order chi connectivity index (χ1) is 8.66. The minimum absolute atomic E-state index is 0.0543. The van der Waals surface area contributed by atoms with Gasteiger partial charge in [0.25, 0.3) is 5.91 Å². The Morgan fingerprint density at radius 1 is 1.17 bits per heavy atom. The van der Waals surface area contributed by atoms with Gasteiger partial charge in [0, 0.05) is 18.0 Å². The molecule has 0 aliphatic carbocycles. The molecule has 0 aliphatic heterocycles. The van der Waals surface area contributed by atoms with Crippen LogP contribution >= 0.6 is 0 Å². The van der Waals surface area contributed by atoms with Crippen LogP contribution in [0.5, 0.6) is 0 Å². The third-order valence-electron chi connectivity index (χ3n) is 2.41. The molecule has 4 nitrogen and oxygen atoms in total. The van der Waals surface area contributed by atoms with Crippen LogP contribution in [-0.2, 0) is 6.54 Å². The lowest BCUT2D eigenvalue weighted by Crippen LogP contribution is -2.26. The van der Waals surface area contributed by atoms with Crippen LogP contribution in [0.4, 0.5) is 4.39 Å². The Morgan fingerprint density at radius 2 is 1.78 bits per heavy atom. The van der Waals surface area contributed by atoms with E-state index in [9.17, 15) is 14.4 Å². The first-order valence-corrected chi connectivity index (χ1v) is 5.32. The topological polar surface area (TPSA) is 53.4 Å². The number of amides is 1. The van der Waals surface area contributed by atoms with Crippen molar-refractivity contribution in [2.24, 2.45) is 0 Å². The molecule has 0 unspecified atom stereocenters. The quantitative estimate of drug-likeness (QED) is 0.667. The summed E-state index contributed by atoms with van der Waals surface area (Å²) in [5.41, 5.74) is 0.982. The van der Waals surface area contributed by atoms with Crippen LogP contribution in [0.3, 0.4) is 0 Å². The van der Waals surface area contributed by atoms with E-state index in [4.69, 9.17) is 0 Å². The lowest BCUT2D eigenvalue weighted by Gasteiger charge is -2.14. The summed E-state index contributed by atoms with van der Waals surface area (Å²) in [6.45, 7) is 0.0543. The number of carbonyl (C=O) groups excluding carboxylic acids is 1. The smallest absolute Gasteiger partial charge is 0.277 e. The van der Waals surface area contributed by atoms with E-state index in [0.29, 0.717) is 5.06 Å². The zero-order valence-corrected chi connectivity index (χ0v) is 9.45. The van der Waals surface area contributed by atoms with E-state index in [2.05, 4.69) is 4.98 Å². The van der Waals surface area contributed by atoms with E-state index < -0.39 is 11.7 Å². The number of benzene rings is 1. The second-order valence-electron chi connectivity index (χ2n) is 3.73. The van der Waals surface area contributed by atoms with Gasteiger partial charge in [-0.15, -0.1) is 0 Å². The van der Waals surface area contributed by atoms with Gasteiger partial charge in [-0.25, -0.2) is 9.45 Å². The maximum atomic E-state index is 12.7. The molecule has 0 spiro atoms. The molecule has 0 aliphatic rings. The maximum absolute atomic E-state index is 12.7. The summed E-state index contributed by atoms with van der Waals surface area (Å²) in [6, 6.07) is 8.39. The largest absolute Gasteiger partial charge is 0.285 e. The summed E-state index contributed by atoms with van der Waals surface area (Å²) in [4.78, 5) is 15.6. The third kappa shape index (κ3) is 2.89. The molecule has 5 heteroatoms. The van der Waals surface area contributed by atoms with Crippen molar-refractivity contribution in [2.45, 2.75) is 6.54 Å². The Morgan fingerprint density at radius 3 is 2.39 bits per heavy atom. The lowest BCUT2D eigenvalue weighted by atomic mass is 10.2. The predicted octanol–water partition coefficient (Wildman–Crippen LogP) is 2.25. The summed E-state index contributed by atoms with van der Waals surface area (Å²) in [7, 11) is 0. The molecular weight excluding hydrogens is 235 g/mol. The number of carbonyl (C=O) groups is 1. The molecule has 1 aromatic carbocycles. The number of halogens is 1. The standard InChI is InChI=1S/C13H11FN2O2/c14-12-3-1-11(2-4-12)13(17)16(18)9-10-5-7-15-8-6-10/h1-8,18H,9H2. The number of hydrogen-bond donors (Lipinski definition) is 1. The van der Waals surface area contributed by atoms with E-state index in [1.54, 1.807) is 24.5 Å². The average Bonchev–Trinajstić information content (AvgIpc) is 2.40. The molecule has 1 N–H and O–H groups in total. The summed E-state index contributed by atoms with van der Waals surface area (Å²) >= 11 is 0. The number of aromatic nitrogens is 1. The van der Waals surface area contributed by atoms with Gasteiger partial charge in [0.2, 0.25) is 0 Å². The van der Waals surface area contributed by atoms with Gasteiger partial charge in [0.15, 0.2) is 0 Å². The molecule has 0 atom stereocenters. The van der Waals surface area contributed by atoms with Crippen molar-refractivity contribution < 1.29 is 14.4 Å². The molecule has 0 saturated heterocycles. The highest BCUT2D eigenvalue weighted by atomic mass is 19.1. The first kappa shape index (κ1) is 12.2. The number of nitrogens with zero attached hydrogens (tertiary/aromatic N) is 2. The van der Waals surface area contributed by atoms with Crippen molar-refractivity contribution in [1.29, 1.82) is 0 Å².